The SMILES string of the molecule is COc1cccc(CC2CN(CC(C)=Cc3ccco3)CCO2)c1. The number of furan rings is 1. The van der Waals surface area contributed by atoms with E-state index in [2.05, 4.69) is 30.0 Å². The molecule has 1 aliphatic heterocycles. The topological polar surface area (TPSA) is 34.8 Å². The zero-order valence-electron chi connectivity index (χ0n) is 14.4. The van der Waals surface area contributed by atoms with E-state index in [0.717, 1.165) is 44.2 Å². The van der Waals surface area contributed by atoms with E-state index in [0.29, 0.717) is 0 Å². The van der Waals surface area contributed by atoms with Crippen molar-refractivity contribution in [2.75, 3.05) is 33.4 Å². The summed E-state index contributed by atoms with van der Waals surface area (Å²) in [5.74, 6) is 1.81. The van der Waals surface area contributed by atoms with Crippen molar-refractivity contribution in [1.82, 2.24) is 4.90 Å². The van der Waals surface area contributed by atoms with Crippen molar-refractivity contribution in [2.45, 2.75) is 19.4 Å². The Labute approximate surface area is 143 Å². The van der Waals surface area contributed by atoms with Gasteiger partial charge in [-0.1, -0.05) is 17.7 Å². The highest BCUT2D eigenvalue weighted by atomic mass is 16.5. The molecule has 1 aliphatic rings. The number of methoxy groups -OCH3 is 1. The van der Waals surface area contributed by atoms with Gasteiger partial charge in [-0.15, -0.1) is 0 Å². The van der Waals surface area contributed by atoms with Gasteiger partial charge in [0.2, 0.25) is 0 Å². The van der Waals surface area contributed by atoms with Gasteiger partial charge in [0.1, 0.15) is 11.5 Å². The first-order chi connectivity index (χ1) is 11.7. The second-order valence-corrected chi connectivity index (χ2v) is 6.29. The summed E-state index contributed by atoms with van der Waals surface area (Å²) in [4.78, 5) is 2.45. The Hall–Kier alpha value is -2.04. The molecule has 0 radical (unpaired) electrons. The molecular weight excluding hydrogens is 302 g/mol. The Kier molecular flexibility index (Phi) is 5.72. The van der Waals surface area contributed by atoms with Crippen LogP contribution in [0.25, 0.3) is 6.08 Å². The summed E-state index contributed by atoms with van der Waals surface area (Å²) in [6.07, 6.45) is 4.95. The van der Waals surface area contributed by atoms with Gasteiger partial charge in [-0.3, -0.25) is 4.90 Å². The van der Waals surface area contributed by atoms with Crippen LogP contribution in [-0.2, 0) is 11.2 Å². The Bertz CT molecular complexity index is 663. The van der Waals surface area contributed by atoms with Crippen LogP contribution >= 0.6 is 0 Å². The molecule has 1 unspecified atom stereocenters. The van der Waals surface area contributed by atoms with E-state index >= 15 is 0 Å². The smallest absolute Gasteiger partial charge is 0.126 e. The third-order valence-electron chi connectivity index (χ3n) is 4.23. The van der Waals surface area contributed by atoms with E-state index in [9.17, 15) is 0 Å². The normalized spacial score (nSPS) is 19.4. The third-order valence-corrected chi connectivity index (χ3v) is 4.23. The van der Waals surface area contributed by atoms with Gasteiger partial charge in [0.05, 0.1) is 26.1 Å². The van der Waals surface area contributed by atoms with Crippen LogP contribution in [0.4, 0.5) is 0 Å². The molecule has 1 saturated heterocycles. The molecule has 24 heavy (non-hydrogen) atoms. The molecule has 2 heterocycles. The van der Waals surface area contributed by atoms with E-state index in [4.69, 9.17) is 13.9 Å². The Morgan fingerprint density at radius 3 is 3.04 bits per heavy atom. The molecule has 0 N–H and O–H groups in total. The van der Waals surface area contributed by atoms with Crippen molar-refractivity contribution in [2.24, 2.45) is 0 Å². The van der Waals surface area contributed by atoms with Gasteiger partial charge >= 0.3 is 0 Å². The lowest BCUT2D eigenvalue weighted by Crippen LogP contribution is -2.43. The Morgan fingerprint density at radius 1 is 1.33 bits per heavy atom. The lowest BCUT2D eigenvalue weighted by Gasteiger charge is -2.33. The van der Waals surface area contributed by atoms with Crippen LogP contribution in [-0.4, -0.2) is 44.4 Å². The maximum absolute atomic E-state index is 5.95. The predicted octanol–water partition coefficient (Wildman–Crippen LogP) is 3.64. The predicted molar refractivity (Wildman–Crippen MR) is 95.2 cm³/mol. The van der Waals surface area contributed by atoms with Gasteiger partial charge in [0.15, 0.2) is 0 Å². The zero-order valence-corrected chi connectivity index (χ0v) is 14.4. The molecular formula is C20H25NO3. The first-order valence-electron chi connectivity index (χ1n) is 8.40. The van der Waals surface area contributed by atoms with Crippen LogP contribution in [0, 0.1) is 0 Å². The third kappa shape index (κ3) is 4.73. The van der Waals surface area contributed by atoms with Crippen molar-refractivity contribution >= 4 is 6.08 Å². The fourth-order valence-corrected chi connectivity index (χ4v) is 3.12. The van der Waals surface area contributed by atoms with Gasteiger partial charge in [0.25, 0.3) is 0 Å². The fourth-order valence-electron chi connectivity index (χ4n) is 3.12. The molecule has 4 nitrogen and oxygen atoms in total. The zero-order chi connectivity index (χ0) is 16.8. The molecule has 0 bridgehead atoms. The Morgan fingerprint density at radius 2 is 2.25 bits per heavy atom. The Balaban J connectivity index is 1.56. The van der Waals surface area contributed by atoms with Crippen LogP contribution in [0.3, 0.4) is 0 Å². The summed E-state index contributed by atoms with van der Waals surface area (Å²) in [6, 6.07) is 12.1. The van der Waals surface area contributed by atoms with Gasteiger partial charge in [-0.25, -0.2) is 0 Å². The van der Waals surface area contributed by atoms with Crippen molar-refractivity contribution in [1.29, 1.82) is 0 Å². The average molecular weight is 327 g/mol. The maximum atomic E-state index is 5.95. The number of rotatable bonds is 6. The van der Waals surface area contributed by atoms with E-state index < -0.39 is 0 Å². The van der Waals surface area contributed by atoms with Crippen LogP contribution in [0.2, 0.25) is 0 Å². The molecule has 2 aromatic rings. The van der Waals surface area contributed by atoms with Crippen LogP contribution in [0.15, 0.2) is 52.7 Å². The highest BCUT2D eigenvalue weighted by Crippen LogP contribution is 2.18. The van der Waals surface area contributed by atoms with E-state index in [1.54, 1.807) is 13.4 Å². The number of ether oxygens (including phenoxy) is 2. The number of morpholine rings is 1. The molecule has 1 atom stereocenters. The largest absolute Gasteiger partial charge is 0.497 e. The van der Waals surface area contributed by atoms with Gasteiger partial charge < -0.3 is 13.9 Å². The van der Waals surface area contributed by atoms with Crippen LogP contribution in [0.5, 0.6) is 5.75 Å². The number of hydrogen-bond acceptors (Lipinski definition) is 4. The monoisotopic (exact) mass is 327 g/mol. The van der Waals surface area contributed by atoms with Gasteiger partial charge in [-0.05, 0) is 42.8 Å². The maximum Gasteiger partial charge on any atom is 0.126 e. The molecule has 0 saturated carbocycles. The molecule has 0 spiro atoms. The summed E-state index contributed by atoms with van der Waals surface area (Å²) >= 11 is 0. The molecule has 0 amide bonds. The van der Waals surface area contributed by atoms with Gasteiger partial charge in [-0.2, -0.15) is 0 Å². The van der Waals surface area contributed by atoms with Crippen LogP contribution < -0.4 is 4.74 Å². The van der Waals surface area contributed by atoms with Crippen molar-refractivity contribution in [3.63, 3.8) is 0 Å². The molecule has 128 valence electrons. The first-order valence-corrected chi connectivity index (χ1v) is 8.40. The van der Waals surface area contributed by atoms with Gasteiger partial charge in [0, 0.05) is 26.1 Å². The van der Waals surface area contributed by atoms with Crippen molar-refractivity contribution in [3.8, 4) is 5.75 Å². The van der Waals surface area contributed by atoms with E-state index in [1.165, 1.54) is 11.1 Å². The molecule has 4 heteroatoms. The number of benzene rings is 1. The second kappa shape index (κ2) is 8.18. The highest BCUT2D eigenvalue weighted by molar-refractivity contribution is 5.46. The minimum atomic E-state index is 0.224. The van der Waals surface area contributed by atoms with Crippen molar-refractivity contribution < 1.29 is 13.9 Å². The lowest BCUT2D eigenvalue weighted by molar-refractivity contribution is -0.0243. The summed E-state index contributed by atoms with van der Waals surface area (Å²) in [5, 5.41) is 0. The summed E-state index contributed by atoms with van der Waals surface area (Å²) in [5.41, 5.74) is 2.55. The summed E-state index contributed by atoms with van der Waals surface area (Å²) < 4.78 is 16.6. The first kappa shape index (κ1) is 16.8. The molecule has 1 aromatic carbocycles. The quantitative estimate of drug-likeness (QED) is 0.811. The lowest BCUT2D eigenvalue weighted by atomic mass is 10.1. The highest BCUT2D eigenvalue weighted by Gasteiger charge is 2.21. The molecule has 1 fully saturated rings. The number of hydrogen-bond donors (Lipinski definition) is 0. The standard InChI is InChI=1S/C20H25NO3/c1-16(11-19-7-4-9-23-19)14-21-8-10-24-20(15-21)13-17-5-3-6-18(12-17)22-2/h3-7,9,11-12,20H,8,10,13-15H2,1-2H3. The molecule has 0 aliphatic carbocycles. The van der Waals surface area contributed by atoms with E-state index in [1.807, 2.05) is 24.3 Å². The average Bonchev–Trinajstić information content (AvgIpc) is 3.08. The minimum absolute atomic E-state index is 0.224. The fraction of sp³-hybridized carbons (Fsp3) is 0.400. The molecule has 3 rings (SSSR count). The number of nitrogens with zero attached hydrogens (tertiary/aromatic N) is 1. The van der Waals surface area contributed by atoms with E-state index in [-0.39, 0.29) is 6.10 Å². The summed E-state index contributed by atoms with van der Waals surface area (Å²) in [7, 11) is 1.70. The van der Waals surface area contributed by atoms with Crippen molar-refractivity contribution in [3.05, 3.63) is 59.6 Å². The molecule has 1 aromatic heterocycles. The van der Waals surface area contributed by atoms with Crippen LogP contribution in [0.1, 0.15) is 18.2 Å². The summed E-state index contributed by atoms with van der Waals surface area (Å²) in [6.45, 7) is 5.79. The second-order valence-electron chi connectivity index (χ2n) is 6.29. The minimum Gasteiger partial charge on any atom is -0.497 e.